The first-order chi connectivity index (χ1) is 9.04. The first-order valence-electron chi connectivity index (χ1n) is 6.17. The second kappa shape index (κ2) is 5.56. The zero-order valence-electron chi connectivity index (χ0n) is 11.0. The van der Waals surface area contributed by atoms with Gasteiger partial charge in [-0.15, -0.1) is 0 Å². The molecule has 0 fully saturated rings. The Labute approximate surface area is 111 Å². The number of anilines is 1. The number of benzene rings is 1. The van der Waals surface area contributed by atoms with Crippen LogP contribution in [-0.2, 0) is 6.54 Å². The minimum absolute atomic E-state index is 0.160. The molecule has 0 saturated carbocycles. The van der Waals surface area contributed by atoms with Gasteiger partial charge in [0.2, 0.25) is 0 Å². The van der Waals surface area contributed by atoms with E-state index in [-0.39, 0.29) is 17.2 Å². The minimum Gasteiger partial charge on any atom is -0.508 e. The first-order valence-corrected chi connectivity index (χ1v) is 6.17. The van der Waals surface area contributed by atoms with Crippen LogP contribution in [0.15, 0.2) is 35.1 Å². The molecule has 0 bridgehead atoms. The van der Waals surface area contributed by atoms with Gasteiger partial charge in [0, 0.05) is 18.5 Å². The number of aromatic nitrogens is 2. The highest BCUT2D eigenvalue weighted by molar-refractivity contribution is 5.36. The van der Waals surface area contributed by atoms with Gasteiger partial charge in [-0.1, -0.05) is 26.0 Å². The Hall–Kier alpha value is -2.30. The maximum Gasteiger partial charge on any atom is 0.252 e. The van der Waals surface area contributed by atoms with Crippen LogP contribution in [0, 0.1) is 0 Å². The summed E-state index contributed by atoms with van der Waals surface area (Å²) in [5.41, 5.74) is 0.845. The largest absolute Gasteiger partial charge is 0.508 e. The molecule has 0 aliphatic carbocycles. The van der Waals surface area contributed by atoms with E-state index in [0.717, 1.165) is 5.56 Å². The van der Waals surface area contributed by atoms with Crippen LogP contribution in [-0.4, -0.2) is 15.1 Å². The number of phenols is 1. The number of nitrogens with one attached hydrogen (secondary N) is 2. The zero-order valence-corrected chi connectivity index (χ0v) is 11.0. The molecule has 0 unspecified atom stereocenters. The predicted octanol–water partition coefficient (Wildman–Crippen LogP) is 2.21. The summed E-state index contributed by atoms with van der Waals surface area (Å²) in [7, 11) is 0. The van der Waals surface area contributed by atoms with E-state index in [2.05, 4.69) is 15.3 Å². The van der Waals surface area contributed by atoms with Crippen molar-refractivity contribution in [2.75, 3.05) is 5.32 Å². The van der Waals surface area contributed by atoms with Crippen molar-refractivity contribution in [3.05, 3.63) is 52.1 Å². The summed E-state index contributed by atoms with van der Waals surface area (Å²) in [5, 5.41) is 12.3. The van der Waals surface area contributed by atoms with Crippen LogP contribution < -0.4 is 10.9 Å². The lowest BCUT2D eigenvalue weighted by molar-refractivity contribution is 0.475. The lowest BCUT2D eigenvalue weighted by atomic mass is 10.2. The number of H-pyrrole nitrogens is 1. The van der Waals surface area contributed by atoms with Gasteiger partial charge in [-0.2, -0.15) is 0 Å². The van der Waals surface area contributed by atoms with Crippen LogP contribution in [0.5, 0.6) is 5.75 Å². The van der Waals surface area contributed by atoms with E-state index in [9.17, 15) is 9.90 Å². The molecule has 100 valence electrons. The summed E-state index contributed by atoms with van der Waals surface area (Å²) in [6.45, 7) is 4.50. The van der Waals surface area contributed by atoms with Gasteiger partial charge in [0.15, 0.2) is 0 Å². The van der Waals surface area contributed by atoms with Gasteiger partial charge >= 0.3 is 0 Å². The highest BCUT2D eigenvalue weighted by Gasteiger charge is 2.05. The van der Waals surface area contributed by atoms with Crippen molar-refractivity contribution >= 4 is 5.82 Å². The Bertz CT molecular complexity index is 603. The molecule has 0 aliphatic heterocycles. The summed E-state index contributed by atoms with van der Waals surface area (Å²) in [6.07, 6.45) is 0. The van der Waals surface area contributed by atoms with E-state index < -0.39 is 0 Å². The second-order valence-electron chi connectivity index (χ2n) is 4.69. The van der Waals surface area contributed by atoms with Gasteiger partial charge < -0.3 is 15.4 Å². The lowest BCUT2D eigenvalue weighted by Gasteiger charge is -2.09. The summed E-state index contributed by atoms with van der Waals surface area (Å²) in [4.78, 5) is 18.6. The van der Waals surface area contributed by atoms with Gasteiger partial charge in [0.1, 0.15) is 17.4 Å². The fourth-order valence-corrected chi connectivity index (χ4v) is 1.65. The molecule has 1 heterocycles. The van der Waals surface area contributed by atoms with E-state index >= 15 is 0 Å². The van der Waals surface area contributed by atoms with Crippen molar-refractivity contribution in [2.24, 2.45) is 0 Å². The van der Waals surface area contributed by atoms with Crippen LogP contribution in [0.25, 0.3) is 0 Å². The summed E-state index contributed by atoms with van der Waals surface area (Å²) in [5.74, 6) is 1.63. The van der Waals surface area contributed by atoms with Crippen LogP contribution in [0.2, 0.25) is 0 Å². The molecule has 0 amide bonds. The Morgan fingerprint density at radius 1 is 1.32 bits per heavy atom. The predicted molar refractivity (Wildman–Crippen MR) is 74.4 cm³/mol. The van der Waals surface area contributed by atoms with Crippen LogP contribution >= 0.6 is 0 Å². The van der Waals surface area contributed by atoms with Crippen molar-refractivity contribution in [2.45, 2.75) is 26.3 Å². The third-order valence-electron chi connectivity index (χ3n) is 2.72. The van der Waals surface area contributed by atoms with Crippen molar-refractivity contribution < 1.29 is 5.11 Å². The van der Waals surface area contributed by atoms with Gasteiger partial charge in [-0.25, -0.2) is 4.98 Å². The maximum absolute atomic E-state index is 11.5. The average molecular weight is 259 g/mol. The Morgan fingerprint density at radius 2 is 2.00 bits per heavy atom. The summed E-state index contributed by atoms with van der Waals surface area (Å²) < 4.78 is 0. The van der Waals surface area contributed by atoms with Crippen molar-refractivity contribution in [1.82, 2.24) is 9.97 Å². The van der Waals surface area contributed by atoms with Crippen molar-refractivity contribution in [3.63, 3.8) is 0 Å². The minimum atomic E-state index is -0.160. The molecule has 5 nitrogen and oxygen atoms in total. The van der Waals surface area contributed by atoms with E-state index in [1.54, 1.807) is 12.1 Å². The summed E-state index contributed by atoms with van der Waals surface area (Å²) >= 11 is 0. The number of hydrogen-bond acceptors (Lipinski definition) is 4. The monoisotopic (exact) mass is 259 g/mol. The zero-order chi connectivity index (χ0) is 13.8. The fraction of sp³-hybridized carbons (Fsp3) is 0.286. The number of phenolic OH excluding ortho intramolecular Hbond substituents is 1. The van der Waals surface area contributed by atoms with Crippen LogP contribution in [0.1, 0.15) is 31.2 Å². The molecule has 3 N–H and O–H groups in total. The van der Waals surface area contributed by atoms with Gasteiger partial charge in [-0.05, 0) is 17.7 Å². The van der Waals surface area contributed by atoms with Crippen molar-refractivity contribution in [1.29, 1.82) is 0 Å². The molecule has 0 spiro atoms. The van der Waals surface area contributed by atoms with Crippen LogP contribution in [0.4, 0.5) is 5.82 Å². The van der Waals surface area contributed by atoms with E-state index in [1.807, 2.05) is 26.0 Å². The quantitative estimate of drug-likeness (QED) is 0.786. The molecular weight excluding hydrogens is 242 g/mol. The van der Waals surface area contributed by atoms with Gasteiger partial charge in [0.05, 0.1) is 0 Å². The molecule has 5 heteroatoms. The van der Waals surface area contributed by atoms with Crippen LogP contribution in [0.3, 0.4) is 0 Å². The SMILES string of the molecule is CC(C)c1nc(NCc2ccc(O)cc2)cc(=O)[nH]1. The highest BCUT2D eigenvalue weighted by atomic mass is 16.3. The fourth-order valence-electron chi connectivity index (χ4n) is 1.65. The molecule has 0 atom stereocenters. The number of aromatic amines is 1. The third-order valence-corrected chi connectivity index (χ3v) is 2.72. The molecule has 1 aromatic carbocycles. The normalized spacial score (nSPS) is 10.7. The van der Waals surface area contributed by atoms with E-state index in [4.69, 9.17) is 0 Å². The smallest absolute Gasteiger partial charge is 0.252 e. The van der Waals surface area contributed by atoms with Crippen molar-refractivity contribution in [3.8, 4) is 5.75 Å². The van der Waals surface area contributed by atoms with Gasteiger partial charge in [0.25, 0.3) is 5.56 Å². The third kappa shape index (κ3) is 3.58. The van der Waals surface area contributed by atoms with E-state index in [0.29, 0.717) is 18.2 Å². The molecule has 1 aromatic heterocycles. The Kier molecular flexibility index (Phi) is 3.85. The molecule has 2 aromatic rings. The second-order valence-corrected chi connectivity index (χ2v) is 4.69. The number of rotatable bonds is 4. The maximum atomic E-state index is 11.5. The highest BCUT2D eigenvalue weighted by Crippen LogP contribution is 2.12. The molecule has 2 rings (SSSR count). The molecule has 0 radical (unpaired) electrons. The topological polar surface area (TPSA) is 78.0 Å². The molecule has 19 heavy (non-hydrogen) atoms. The lowest BCUT2D eigenvalue weighted by Crippen LogP contribution is -2.14. The van der Waals surface area contributed by atoms with Gasteiger partial charge in [-0.3, -0.25) is 4.79 Å². The molecule has 0 saturated heterocycles. The summed E-state index contributed by atoms with van der Waals surface area (Å²) in [6, 6.07) is 8.33. The Morgan fingerprint density at radius 3 is 2.63 bits per heavy atom. The number of aromatic hydroxyl groups is 1. The Balaban J connectivity index is 2.11. The standard InChI is InChI=1S/C14H17N3O2/c1-9(2)14-16-12(7-13(19)17-14)15-8-10-3-5-11(18)6-4-10/h3-7,9,18H,8H2,1-2H3,(H2,15,16,17,19). The molecule has 0 aliphatic rings. The number of hydrogen-bond donors (Lipinski definition) is 3. The average Bonchev–Trinajstić information content (AvgIpc) is 2.37. The molecular formula is C14H17N3O2. The van der Waals surface area contributed by atoms with E-state index in [1.165, 1.54) is 6.07 Å². The number of nitrogens with zero attached hydrogens (tertiary/aromatic N) is 1. The first kappa shape index (κ1) is 13.1.